The highest BCUT2D eigenvalue weighted by molar-refractivity contribution is 14.1. The van der Waals surface area contributed by atoms with Gasteiger partial charge in [-0.2, -0.15) is 0 Å². The van der Waals surface area contributed by atoms with Gasteiger partial charge in [0.05, 0.1) is 11.2 Å². The zero-order chi connectivity index (χ0) is 13.4. The Hall–Kier alpha value is -1.56. The fourth-order valence-corrected chi connectivity index (χ4v) is 2.65. The number of halogens is 2. The summed E-state index contributed by atoms with van der Waals surface area (Å²) in [6, 6.07) is 10.9. The number of nitrogens with zero attached hydrogens (tertiary/aromatic N) is 2. The van der Waals surface area contributed by atoms with Gasteiger partial charge in [0.1, 0.15) is 9.52 Å². The molecule has 0 unspecified atom stereocenters. The van der Waals surface area contributed by atoms with Crippen molar-refractivity contribution in [3.05, 3.63) is 57.7 Å². The molecule has 0 saturated heterocycles. The Bertz CT molecular complexity index is 771. The second-order valence-electron chi connectivity index (χ2n) is 4.33. The van der Waals surface area contributed by atoms with Crippen molar-refractivity contribution in [2.75, 3.05) is 0 Å². The molecule has 0 amide bonds. The fraction of sp³-hybridized carbons (Fsp3) is 0.0667. The van der Waals surface area contributed by atoms with Crippen LogP contribution in [0.4, 0.5) is 4.39 Å². The van der Waals surface area contributed by atoms with Crippen molar-refractivity contribution >= 4 is 33.5 Å². The number of benzene rings is 1. The Labute approximate surface area is 123 Å². The summed E-state index contributed by atoms with van der Waals surface area (Å²) in [6.45, 7) is 1.75. The molecule has 4 heteroatoms. The summed E-state index contributed by atoms with van der Waals surface area (Å²) in [7, 11) is 0. The van der Waals surface area contributed by atoms with Crippen LogP contribution >= 0.6 is 22.6 Å². The molecule has 0 N–H and O–H groups in total. The highest BCUT2D eigenvalue weighted by Gasteiger charge is 2.08. The van der Waals surface area contributed by atoms with E-state index >= 15 is 0 Å². The van der Waals surface area contributed by atoms with E-state index in [1.165, 1.54) is 6.07 Å². The minimum Gasteiger partial charge on any atom is -0.256 e. The lowest BCUT2D eigenvalue weighted by Gasteiger charge is -2.06. The van der Waals surface area contributed by atoms with E-state index in [9.17, 15) is 4.39 Å². The lowest BCUT2D eigenvalue weighted by Crippen LogP contribution is -1.92. The third kappa shape index (κ3) is 2.32. The Morgan fingerprint density at radius 1 is 1.16 bits per heavy atom. The molecule has 94 valence electrons. The molecular formula is C15H10FIN2. The van der Waals surface area contributed by atoms with Crippen molar-refractivity contribution in [2.45, 2.75) is 6.92 Å². The molecule has 19 heavy (non-hydrogen) atoms. The molecule has 2 nitrogen and oxygen atoms in total. The fourth-order valence-electron chi connectivity index (χ4n) is 1.93. The first kappa shape index (κ1) is 12.5. The Morgan fingerprint density at radius 2 is 2.00 bits per heavy atom. The van der Waals surface area contributed by atoms with Gasteiger partial charge >= 0.3 is 0 Å². The van der Waals surface area contributed by atoms with E-state index < -0.39 is 0 Å². The van der Waals surface area contributed by atoms with Gasteiger partial charge in [-0.1, -0.05) is 12.1 Å². The summed E-state index contributed by atoms with van der Waals surface area (Å²) in [5.74, 6) is -0.213. The van der Waals surface area contributed by atoms with Crippen molar-refractivity contribution in [2.24, 2.45) is 0 Å². The summed E-state index contributed by atoms with van der Waals surface area (Å²) < 4.78 is 14.5. The summed E-state index contributed by atoms with van der Waals surface area (Å²) >= 11 is 2.18. The van der Waals surface area contributed by atoms with Crippen LogP contribution in [0.2, 0.25) is 0 Å². The second kappa shape index (κ2) is 4.85. The second-order valence-corrected chi connectivity index (χ2v) is 5.35. The molecule has 0 atom stereocenters. The third-order valence-electron chi connectivity index (χ3n) is 3.02. The first-order valence-electron chi connectivity index (χ1n) is 5.83. The maximum absolute atomic E-state index is 13.6. The van der Waals surface area contributed by atoms with Gasteiger partial charge in [-0.05, 0) is 59.3 Å². The summed E-state index contributed by atoms with van der Waals surface area (Å²) in [5, 5.41) is 1.01. The van der Waals surface area contributed by atoms with E-state index in [-0.39, 0.29) is 5.82 Å². The van der Waals surface area contributed by atoms with E-state index in [1.807, 2.05) is 24.3 Å². The topological polar surface area (TPSA) is 25.8 Å². The summed E-state index contributed by atoms with van der Waals surface area (Å²) in [6.07, 6.45) is 1.75. The predicted octanol–water partition coefficient (Wildman–Crippen LogP) is 4.35. The molecule has 2 aromatic heterocycles. The van der Waals surface area contributed by atoms with Gasteiger partial charge in [-0.3, -0.25) is 4.98 Å². The van der Waals surface area contributed by atoms with Crippen LogP contribution in [0, 0.1) is 16.4 Å². The zero-order valence-corrected chi connectivity index (χ0v) is 12.3. The maximum atomic E-state index is 13.6. The SMILES string of the molecule is Cc1ccc(-c2cc3ncccc3c(I)n2)cc1F. The minimum absolute atomic E-state index is 0.213. The van der Waals surface area contributed by atoms with Crippen LogP contribution in [0.25, 0.3) is 22.2 Å². The summed E-state index contributed by atoms with van der Waals surface area (Å²) in [4.78, 5) is 8.85. The van der Waals surface area contributed by atoms with Gasteiger partial charge in [-0.25, -0.2) is 9.37 Å². The standard InChI is InChI=1S/C15H10FIN2/c1-9-4-5-10(7-12(9)16)13-8-14-11(15(17)19-13)3-2-6-18-14/h2-8H,1H3. The molecule has 0 fully saturated rings. The summed E-state index contributed by atoms with van der Waals surface area (Å²) in [5.41, 5.74) is 3.03. The van der Waals surface area contributed by atoms with Gasteiger partial charge in [-0.15, -0.1) is 0 Å². The van der Waals surface area contributed by atoms with Crippen LogP contribution in [0.1, 0.15) is 5.56 Å². The van der Waals surface area contributed by atoms with Crippen molar-refractivity contribution in [3.8, 4) is 11.3 Å². The molecule has 0 radical (unpaired) electrons. The number of hydrogen-bond acceptors (Lipinski definition) is 2. The van der Waals surface area contributed by atoms with E-state index in [0.29, 0.717) is 5.56 Å². The van der Waals surface area contributed by atoms with E-state index in [0.717, 1.165) is 25.9 Å². The van der Waals surface area contributed by atoms with Crippen molar-refractivity contribution < 1.29 is 4.39 Å². The number of hydrogen-bond donors (Lipinski definition) is 0. The molecule has 0 aliphatic rings. The molecule has 0 aliphatic carbocycles. The Kier molecular flexibility index (Phi) is 3.18. The quantitative estimate of drug-likeness (QED) is 0.474. The molecular weight excluding hydrogens is 354 g/mol. The van der Waals surface area contributed by atoms with Crippen LogP contribution in [0.3, 0.4) is 0 Å². The van der Waals surface area contributed by atoms with E-state index in [1.54, 1.807) is 19.2 Å². The molecule has 2 heterocycles. The number of aryl methyl sites for hydroxylation is 1. The van der Waals surface area contributed by atoms with Gasteiger partial charge < -0.3 is 0 Å². The number of rotatable bonds is 1. The van der Waals surface area contributed by atoms with Crippen molar-refractivity contribution in [1.29, 1.82) is 0 Å². The molecule has 1 aromatic carbocycles. The van der Waals surface area contributed by atoms with Crippen LogP contribution in [0.5, 0.6) is 0 Å². The number of aromatic nitrogens is 2. The first-order chi connectivity index (χ1) is 9.15. The van der Waals surface area contributed by atoms with Crippen LogP contribution in [0.15, 0.2) is 42.6 Å². The predicted molar refractivity (Wildman–Crippen MR) is 82.4 cm³/mol. The highest BCUT2D eigenvalue weighted by atomic mass is 127. The molecule has 0 spiro atoms. The normalized spacial score (nSPS) is 10.9. The smallest absolute Gasteiger partial charge is 0.126 e. The van der Waals surface area contributed by atoms with Crippen LogP contribution in [-0.4, -0.2) is 9.97 Å². The first-order valence-corrected chi connectivity index (χ1v) is 6.91. The molecule has 3 aromatic rings. The van der Waals surface area contributed by atoms with E-state index in [4.69, 9.17) is 0 Å². The highest BCUT2D eigenvalue weighted by Crippen LogP contribution is 2.25. The van der Waals surface area contributed by atoms with Gasteiger partial charge in [0, 0.05) is 17.1 Å². The molecule has 0 aliphatic heterocycles. The number of fused-ring (bicyclic) bond motifs is 1. The molecule has 0 bridgehead atoms. The van der Waals surface area contributed by atoms with Crippen LogP contribution < -0.4 is 0 Å². The third-order valence-corrected chi connectivity index (χ3v) is 3.84. The largest absolute Gasteiger partial charge is 0.256 e. The van der Waals surface area contributed by atoms with Crippen LogP contribution in [-0.2, 0) is 0 Å². The zero-order valence-electron chi connectivity index (χ0n) is 10.2. The minimum atomic E-state index is -0.213. The lowest BCUT2D eigenvalue weighted by molar-refractivity contribution is 0.619. The monoisotopic (exact) mass is 364 g/mol. The Balaban J connectivity index is 2.22. The molecule has 3 rings (SSSR count). The number of pyridine rings is 2. The van der Waals surface area contributed by atoms with Crippen molar-refractivity contribution in [3.63, 3.8) is 0 Å². The van der Waals surface area contributed by atoms with Gasteiger partial charge in [0.15, 0.2) is 0 Å². The van der Waals surface area contributed by atoms with E-state index in [2.05, 4.69) is 32.6 Å². The molecule has 0 saturated carbocycles. The lowest BCUT2D eigenvalue weighted by atomic mass is 10.1. The Morgan fingerprint density at radius 3 is 2.79 bits per heavy atom. The van der Waals surface area contributed by atoms with Gasteiger partial charge in [0.2, 0.25) is 0 Å². The van der Waals surface area contributed by atoms with Crippen molar-refractivity contribution in [1.82, 2.24) is 9.97 Å². The average Bonchev–Trinajstić information content (AvgIpc) is 2.42. The average molecular weight is 364 g/mol. The maximum Gasteiger partial charge on any atom is 0.126 e. The van der Waals surface area contributed by atoms with Gasteiger partial charge in [0.25, 0.3) is 0 Å².